The van der Waals surface area contributed by atoms with Gasteiger partial charge in [0.05, 0.1) is 10.9 Å². The number of benzene rings is 1. The van der Waals surface area contributed by atoms with Gasteiger partial charge >= 0.3 is 0 Å². The first kappa shape index (κ1) is 16.9. The van der Waals surface area contributed by atoms with Crippen LogP contribution in [0.15, 0.2) is 29.2 Å². The molecule has 22 heavy (non-hydrogen) atoms. The molecule has 1 aliphatic heterocycles. The SMILES string of the molecule is CC1CCNC(C(=O)NCCc2ccc(S(N)(=O)=O)cc2)C1. The molecule has 4 N–H and O–H groups in total. The van der Waals surface area contributed by atoms with E-state index < -0.39 is 10.0 Å². The highest BCUT2D eigenvalue weighted by molar-refractivity contribution is 7.89. The van der Waals surface area contributed by atoms with E-state index in [1.54, 1.807) is 12.1 Å². The number of carbonyl (C=O) groups excluding carboxylic acids is 1. The van der Waals surface area contributed by atoms with Crippen LogP contribution < -0.4 is 15.8 Å². The van der Waals surface area contributed by atoms with Gasteiger partial charge in [0.15, 0.2) is 0 Å². The zero-order chi connectivity index (χ0) is 16.2. The van der Waals surface area contributed by atoms with E-state index in [4.69, 9.17) is 5.14 Å². The molecule has 0 aromatic heterocycles. The number of piperidine rings is 1. The Kier molecular flexibility index (Phi) is 5.55. The summed E-state index contributed by atoms with van der Waals surface area (Å²) in [7, 11) is -3.65. The minimum atomic E-state index is -3.65. The molecule has 1 aromatic carbocycles. The van der Waals surface area contributed by atoms with Gasteiger partial charge in [0.2, 0.25) is 15.9 Å². The zero-order valence-electron chi connectivity index (χ0n) is 12.7. The molecule has 2 atom stereocenters. The third kappa shape index (κ3) is 4.79. The van der Waals surface area contributed by atoms with Crippen molar-refractivity contribution >= 4 is 15.9 Å². The van der Waals surface area contributed by atoms with Crippen molar-refractivity contribution in [3.05, 3.63) is 29.8 Å². The summed E-state index contributed by atoms with van der Waals surface area (Å²) in [4.78, 5) is 12.1. The van der Waals surface area contributed by atoms with E-state index in [-0.39, 0.29) is 16.8 Å². The molecule has 2 unspecified atom stereocenters. The quantitative estimate of drug-likeness (QED) is 0.728. The molecule has 1 saturated heterocycles. The number of hydrogen-bond donors (Lipinski definition) is 3. The molecule has 1 aromatic rings. The summed E-state index contributed by atoms with van der Waals surface area (Å²) in [6.07, 6.45) is 2.63. The summed E-state index contributed by atoms with van der Waals surface area (Å²) < 4.78 is 22.3. The average Bonchev–Trinajstić information content (AvgIpc) is 2.47. The molecule has 7 heteroatoms. The topological polar surface area (TPSA) is 101 Å². The molecule has 1 amide bonds. The van der Waals surface area contributed by atoms with Crippen LogP contribution in [0.5, 0.6) is 0 Å². The minimum Gasteiger partial charge on any atom is -0.354 e. The van der Waals surface area contributed by atoms with Gasteiger partial charge in [-0.1, -0.05) is 19.1 Å². The molecular formula is C15H23N3O3S. The second-order valence-electron chi connectivity index (χ2n) is 5.87. The van der Waals surface area contributed by atoms with Gasteiger partial charge in [-0.15, -0.1) is 0 Å². The molecule has 0 bridgehead atoms. The van der Waals surface area contributed by atoms with Gasteiger partial charge in [-0.3, -0.25) is 4.79 Å². The highest BCUT2D eigenvalue weighted by atomic mass is 32.2. The molecule has 1 fully saturated rings. The highest BCUT2D eigenvalue weighted by Gasteiger charge is 2.23. The number of rotatable bonds is 5. The molecule has 1 heterocycles. The lowest BCUT2D eigenvalue weighted by Gasteiger charge is -2.27. The second kappa shape index (κ2) is 7.21. The third-order valence-corrected chi connectivity index (χ3v) is 4.88. The summed E-state index contributed by atoms with van der Waals surface area (Å²) in [5, 5.41) is 11.2. The fourth-order valence-electron chi connectivity index (χ4n) is 2.61. The van der Waals surface area contributed by atoms with Crippen LogP contribution in [-0.2, 0) is 21.2 Å². The Morgan fingerprint density at radius 1 is 1.36 bits per heavy atom. The van der Waals surface area contributed by atoms with Gasteiger partial charge in [-0.2, -0.15) is 0 Å². The Bertz CT molecular complexity index is 613. The molecule has 6 nitrogen and oxygen atoms in total. The summed E-state index contributed by atoms with van der Waals surface area (Å²) >= 11 is 0. The third-order valence-electron chi connectivity index (χ3n) is 3.95. The van der Waals surface area contributed by atoms with E-state index in [1.807, 2.05) is 0 Å². The predicted octanol–water partition coefficient (Wildman–Crippen LogP) is 0.381. The van der Waals surface area contributed by atoms with Crippen LogP contribution in [-0.4, -0.2) is 33.5 Å². The molecule has 0 saturated carbocycles. The van der Waals surface area contributed by atoms with E-state index in [0.29, 0.717) is 18.9 Å². The maximum Gasteiger partial charge on any atom is 0.238 e. The smallest absolute Gasteiger partial charge is 0.238 e. The molecule has 122 valence electrons. The molecule has 0 radical (unpaired) electrons. The Balaban J connectivity index is 1.80. The van der Waals surface area contributed by atoms with Crippen LogP contribution in [0.4, 0.5) is 0 Å². The van der Waals surface area contributed by atoms with E-state index in [2.05, 4.69) is 17.6 Å². The van der Waals surface area contributed by atoms with E-state index in [0.717, 1.165) is 24.9 Å². The van der Waals surface area contributed by atoms with Crippen molar-refractivity contribution in [3.8, 4) is 0 Å². The number of nitrogens with two attached hydrogens (primary N) is 1. The van der Waals surface area contributed by atoms with Crippen LogP contribution in [0.25, 0.3) is 0 Å². The number of carbonyl (C=O) groups is 1. The zero-order valence-corrected chi connectivity index (χ0v) is 13.5. The molecule has 0 spiro atoms. The van der Waals surface area contributed by atoms with Crippen LogP contribution in [0, 0.1) is 5.92 Å². The summed E-state index contributed by atoms with van der Waals surface area (Å²) in [6, 6.07) is 6.29. The van der Waals surface area contributed by atoms with Gasteiger partial charge in [-0.25, -0.2) is 13.6 Å². The van der Waals surface area contributed by atoms with Crippen molar-refractivity contribution in [2.75, 3.05) is 13.1 Å². The lowest BCUT2D eigenvalue weighted by Crippen LogP contribution is -2.48. The lowest BCUT2D eigenvalue weighted by atomic mass is 9.94. The first-order valence-electron chi connectivity index (χ1n) is 7.49. The second-order valence-corrected chi connectivity index (χ2v) is 7.43. The fourth-order valence-corrected chi connectivity index (χ4v) is 3.12. The van der Waals surface area contributed by atoms with Gasteiger partial charge < -0.3 is 10.6 Å². The summed E-state index contributed by atoms with van der Waals surface area (Å²) in [6.45, 7) is 3.57. The van der Waals surface area contributed by atoms with Gasteiger partial charge in [0, 0.05) is 6.54 Å². The lowest BCUT2D eigenvalue weighted by molar-refractivity contribution is -0.124. The Labute approximate surface area is 131 Å². The van der Waals surface area contributed by atoms with Gasteiger partial charge in [-0.05, 0) is 49.4 Å². The number of hydrogen-bond acceptors (Lipinski definition) is 4. The number of amides is 1. The normalized spacial score (nSPS) is 22.3. The van der Waals surface area contributed by atoms with Crippen LogP contribution in [0.2, 0.25) is 0 Å². The van der Waals surface area contributed by atoms with Crippen molar-refractivity contribution in [1.29, 1.82) is 0 Å². The molecule has 2 rings (SSSR count). The monoisotopic (exact) mass is 325 g/mol. The van der Waals surface area contributed by atoms with E-state index in [9.17, 15) is 13.2 Å². The maximum absolute atomic E-state index is 12.0. The van der Waals surface area contributed by atoms with E-state index in [1.165, 1.54) is 12.1 Å². The number of primary sulfonamides is 1. The molecular weight excluding hydrogens is 302 g/mol. The average molecular weight is 325 g/mol. The van der Waals surface area contributed by atoms with Gasteiger partial charge in [0.25, 0.3) is 0 Å². The minimum absolute atomic E-state index is 0.0349. The van der Waals surface area contributed by atoms with Crippen LogP contribution in [0.1, 0.15) is 25.3 Å². The maximum atomic E-state index is 12.0. The molecule has 1 aliphatic rings. The summed E-state index contributed by atoms with van der Waals surface area (Å²) in [5.74, 6) is 0.607. The van der Waals surface area contributed by atoms with Crippen molar-refractivity contribution in [3.63, 3.8) is 0 Å². The van der Waals surface area contributed by atoms with Gasteiger partial charge in [0.1, 0.15) is 0 Å². The first-order chi connectivity index (χ1) is 10.4. The van der Waals surface area contributed by atoms with E-state index >= 15 is 0 Å². The van der Waals surface area contributed by atoms with Crippen molar-refractivity contribution in [1.82, 2.24) is 10.6 Å². The number of nitrogens with one attached hydrogen (secondary N) is 2. The number of sulfonamides is 1. The Morgan fingerprint density at radius 3 is 2.64 bits per heavy atom. The first-order valence-corrected chi connectivity index (χ1v) is 9.04. The molecule has 0 aliphatic carbocycles. The summed E-state index contributed by atoms with van der Waals surface area (Å²) in [5.41, 5.74) is 0.956. The van der Waals surface area contributed by atoms with Crippen molar-refractivity contribution in [2.24, 2.45) is 11.1 Å². The Morgan fingerprint density at radius 2 is 2.05 bits per heavy atom. The Hall–Kier alpha value is -1.44. The van der Waals surface area contributed by atoms with Crippen LogP contribution in [0.3, 0.4) is 0 Å². The fraction of sp³-hybridized carbons (Fsp3) is 0.533. The van der Waals surface area contributed by atoms with Crippen molar-refractivity contribution < 1.29 is 13.2 Å². The largest absolute Gasteiger partial charge is 0.354 e. The van der Waals surface area contributed by atoms with Crippen LogP contribution >= 0.6 is 0 Å². The van der Waals surface area contributed by atoms with Crippen molar-refractivity contribution in [2.45, 2.75) is 37.1 Å². The predicted molar refractivity (Wildman–Crippen MR) is 84.7 cm³/mol. The standard InChI is InChI=1S/C15H23N3O3S/c1-11-6-8-17-14(10-11)15(19)18-9-7-12-2-4-13(5-3-12)22(16,20)21/h2-5,11,14,17H,6-10H2,1H3,(H,18,19)(H2,16,20,21). The highest BCUT2D eigenvalue weighted by Crippen LogP contribution is 2.15.